The molecule has 0 atom stereocenters. The van der Waals surface area contributed by atoms with E-state index in [1.165, 1.54) is 11.1 Å². The van der Waals surface area contributed by atoms with E-state index in [2.05, 4.69) is 51.2 Å². The summed E-state index contributed by atoms with van der Waals surface area (Å²) in [5.41, 5.74) is 2.77. The molecule has 0 heterocycles. The molecule has 0 amide bonds. The summed E-state index contributed by atoms with van der Waals surface area (Å²) in [7, 11) is 1.69. The topological polar surface area (TPSA) is 21.3 Å². The van der Waals surface area contributed by atoms with Crippen molar-refractivity contribution in [2.24, 2.45) is 0 Å². The van der Waals surface area contributed by atoms with Gasteiger partial charge in [0.1, 0.15) is 5.75 Å². The van der Waals surface area contributed by atoms with Crippen molar-refractivity contribution >= 4 is 5.57 Å². The molecule has 2 heteroatoms. The standard InChI is InChI=1S/C16H25NO/c1-13(7-6-12-17-16(2,3)4)14-8-10-15(18-5)11-9-14/h7-11,17H,6,12H2,1-5H3/b13-7+. The van der Waals surface area contributed by atoms with E-state index in [0.29, 0.717) is 0 Å². The van der Waals surface area contributed by atoms with Crippen molar-refractivity contribution in [3.63, 3.8) is 0 Å². The SMILES string of the molecule is COc1ccc(/C(C)=C/CCNC(C)(C)C)cc1. The second kappa shape index (κ2) is 6.60. The maximum absolute atomic E-state index is 5.16. The molecular weight excluding hydrogens is 222 g/mol. The van der Waals surface area contributed by atoms with Gasteiger partial charge in [-0.2, -0.15) is 0 Å². The number of allylic oxidation sites excluding steroid dienone is 1. The Balaban J connectivity index is 2.50. The van der Waals surface area contributed by atoms with Crippen LogP contribution in [0, 0.1) is 0 Å². The number of rotatable bonds is 5. The second-order valence-electron chi connectivity index (χ2n) is 5.58. The number of hydrogen-bond donors (Lipinski definition) is 1. The average Bonchev–Trinajstić information content (AvgIpc) is 2.33. The zero-order chi connectivity index (χ0) is 13.6. The van der Waals surface area contributed by atoms with Crippen LogP contribution in [0.5, 0.6) is 5.75 Å². The van der Waals surface area contributed by atoms with Gasteiger partial charge in [-0.05, 0) is 63.9 Å². The van der Waals surface area contributed by atoms with E-state index >= 15 is 0 Å². The molecule has 0 aliphatic heterocycles. The van der Waals surface area contributed by atoms with E-state index in [-0.39, 0.29) is 5.54 Å². The Labute approximate surface area is 111 Å². The Kier molecular flexibility index (Phi) is 5.42. The van der Waals surface area contributed by atoms with Gasteiger partial charge in [0, 0.05) is 5.54 Å². The summed E-state index contributed by atoms with van der Waals surface area (Å²) < 4.78 is 5.16. The molecule has 0 aliphatic carbocycles. The van der Waals surface area contributed by atoms with Crippen molar-refractivity contribution in [1.82, 2.24) is 5.32 Å². The van der Waals surface area contributed by atoms with E-state index in [1.807, 2.05) is 12.1 Å². The van der Waals surface area contributed by atoms with E-state index in [9.17, 15) is 0 Å². The molecule has 100 valence electrons. The summed E-state index contributed by atoms with van der Waals surface area (Å²) in [6.07, 6.45) is 3.33. The molecule has 0 fully saturated rings. The van der Waals surface area contributed by atoms with Crippen molar-refractivity contribution in [2.75, 3.05) is 13.7 Å². The van der Waals surface area contributed by atoms with Crippen molar-refractivity contribution in [3.05, 3.63) is 35.9 Å². The van der Waals surface area contributed by atoms with Gasteiger partial charge in [0.25, 0.3) is 0 Å². The van der Waals surface area contributed by atoms with Crippen molar-refractivity contribution in [1.29, 1.82) is 0 Å². The number of ether oxygens (including phenoxy) is 1. The van der Waals surface area contributed by atoms with E-state index < -0.39 is 0 Å². The molecule has 0 saturated carbocycles. The highest BCUT2D eigenvalue weighted by Crippen LogP contribution is 2.18. The fourth-order valence-corrected chi connectivity index (χ4v) is 1.71. The van der Waals surface area contributed by atoms with Crippen LogP contribution < -0.4 is 10.1 Å². The lowest BCUT2D eigenvalue weighted by Crippen LogP contribution is -2.36. The molecule has 2 nitrogen and oxygen atoms in total. The maximum atomic E-state index is 5.16. The fraction of sp³-hybridized carbons (Fsp3) is 0.500. The van der Waals surface area contributed by atoms with Gasteiger partial charge in [-0.25, -0.2) is 0 Å². The predicted molar refractivity (Wildman–Crippen MR) is 79.0 cm³/mol. The number of benzene rings is 1. The monoisotopic (exact) mass is 247 g/mol. The van der Waals surface area contributed by atoms with Crippen LogP contribution in [0.4, 0.5) is 0 Å². The highest BCUT2D eigenvalue weighted by atomic mass is 16.5. The van der Waals surface area contributed by atoms with Gasteiger partial charge in [-0.3, -0.25) is 0 Å². The average molecular weight is 247 g/mol. The van der Waals surface area contributed by atoms with Crippen LogP contribution in [0.15, 0.2) is 30.3 Å². The van der Waals surface area contributed by atoms with Crippen LogP contribution in [0.3, 0.4) is 0 Å². The number of nitrogens with one attached hydrogen (secondary N) is 1. The molecule has 18 heavy (non-hydrogen) atoms. The zero-order valence-electron chi connectivity index (χ0n) is 12.2. The van der Waals surface area contributed by atoms with Crippen LogP contribution in [0.1, 0.15) is 39.7 Å². The molecule has 0 spiro atoms. The molecule has 0 saturated heterocycles. The number of hydrogen-bond acceptors (Lipinski definition) is 2. The first-order chi connectivity index (χ1) is 8.42. The lowest BCUT2D eigenvalue weighted by molar-refractivity contribution is 0.415. The minimum absolute atomic E-state index is 0.196. The summed E-state index contributed by atoms with van der Waals surface area (Å²) in [6.45, 7) is 9.73. The number of methoxy groups -OCH3 is 1. The Morgan fingerprint density at radius 1 is 1.22 bits per heavy atom. The van der Waals surface area contributed by atoms with Crippen LogP contribution in [0.25, 0.3) is 5.57 Å². The van der Waals surface area contributed by atoms with E-state index in [1.54, 1.807) is 7.11 Å². The van der Waals surface area contributed by atoms with Gasteiger partial charge >= 0.3 is 0 Å². The maximum Gasteiger partial charge on any atom is 0.118 e. The van der Waals surface area contributed by atoms with Crippen LogP contribution >= 0.6 is 0 Å². The van der Waals surface area contributed by atoms with Crippen molar-refractivity contribution < 1.29 is 4.74 Å². The van der Waals surface area contributed by atoms with Gasteiger partial charge in [-0.15, -0.1) is 0 Å². The van der Waals surface area contributed by atoms with Crippen molar-refractivity contribution in [3.8, 4) is 5.75 Å². The Morgan fingerprint density at radius 2 is 1.83 bits per heavy atom. The lowest BCUT2D eigenvalue weighted by atomic mass is 10.1. The summed E-state index contributed by atoms with van der Waals surface area (Å²) >= 11 is 0. The third-order valence-electron chi connectivity index (χ3n) is 2.80. The fourth-order valence-electron chi connectivity index (χ4n) is 1.71. The molecule has 0 aromatic heterocycles. The first-order valence-electron chi connectivity index (χ1n) is 6.48. The third-order valence-corrected chi connectivity index (χ3v) is 2.80. The lowest BCUT2D eigenvalue weighted by Gasteiger charge is -2.19. The first-order valence-corrected chi connectivity index (χ1v) is 6.48. The molecule has 1 rings (SSSR count). The summed E-state index contributed by atoms with van der Waals surface area (Å²) in [5.74, 6) is 0.904. The van der Waals surface area contributed by atoms with Crippen LogP contribution in [-0.4, -0.2) is 19.2 Å². The smallest absolute Gasteiger partial charge is 0.118 e. The second-order valence-corrected chi connectivity index (χ2v) is 5.58. The minimum Gasteiger partial charge on any atom is -0.497 e. The molecule has 0 aliphatic rings. The Hall–Kier alpha value is -1.28. The molecule has 1 N–H and O–H groups in total. The van der Waals surface area contributed by atoms with E-state index in [4.69, 9.17) is 4.74 Å². The predicted octanol–water partition coefficient (Wildman–Crippen LogP) is 3.88. The molecular formula is C16H25NO. The van der Waals surface area contributed by atoms with Crippen LogP contribution in [0.2, 0.25) is 0 Å². The zero-order valence-corrected chi connectivity index (χ0v) is 12.2. The molecule has 0 unspecified atom stereocenters. The Morgan fingerprint density at radius 3 is 2.33 bits per heavy atom. The first kappa shape index (κ1) is 14.8. The van der Waals surface area contributed by atoms with Gasteiger partial charge in [0.15, 0.2) is 0 Å². The van der Waals surface area contributed by atoms with Gasteiger partial charge in [0.05, 0.1) is 7.11 Å². The van der Waals surface area contributed by atoms with E-state index in [0.717, 1.165) is 18.7 Å². The molecule has 0 radical (unpaired) electrons. The summed E-state index contributed by atoms with van der Waals surface area (Å²) in [6, 6.07) is 8.20. The molecule has 1 aromatic carbocycles. The summed E-state index contributed by atoms with van der Waals surface area (Å²) in [4.78, 5) is 0. The highest BCUT2D eigenvalue weighted by Gasteiger charge is 2.06. The van der Waals surface area contributed by atoms with Crippen LogP contribution in [-0.2, 0) is 0 Å². The molecule has 0 bridgehead atoms. The highest BCUT2D eigenvalue weighted by molar-refractivity contribution is 5.64. The van der Waals surface area contributed by atoms with Gasteiger partial charge < -0.3 is 10.1 Å². The Bertz CT molecular complexity index is 385. The largest absolute Gasteiger partial charge is 0.497 e. The quantitative estimate of drug-likeness (QED) is 0.797. The summed E-state index contributed by atoms with van der Waals surface area (Å²) in [5, 5.41) is 3.48. The van der Waals surface area contributed by atoms with Crippen molar-refractivity contribution in [2.45, 2.75) is 39.7 Å². The van der Waals surface area contributed by atoms with Gasteiger partial charge in [0.2, 0.25) is 0 Å². The van der Waals surface area contributed by atoms with Gasteiger partial charge in [-0.1, -0.05) is 18.2 Å². The third kappa shape index (κ3) is 5.37. The minimum atomic E-state index is 0.196. The normalized spacial score (nSPS) is 12.6. The molecule has 1 aromatic rings.